The summed E-state index contributed by atoms with van der Waals surface area (Å²) >= 11 is 0. The molecule has 0 aliphatic heterocycles. The number of carbonyl (C=O) groups excluding carboxylic acids is 2. The second-order valence-corrected chi connectivity index (χ2v) is 7.47. The van der Waals surface area contributed by atoms with Crippen LogP contribution in [0.5, 0.6) is 0 Å². The van der Waals surface area contributed by atoms with Crippen LogP contribution in [-0.4, -0.2) is 18.2 Å². The highest BCUT2D eigenvalue weighted by Crippen LogP contribution is 2.20. The standard InChI is InChI=1S/C15H29NO2/c1-14(2,3)10-12(17)8-7-9-13(18)16-11-15(4,5)6/h7-11H2,1-6H3,(H,16,18). The Morgan fingerprint density at radius 3 is 1.89 bits per heavy atom. The summed E-state index contributed by atoms with van der Waals surface area (Å²) in [6.45, 7) is 13.1. The van der Waals surface area contributed by atoms with E-state index in [4.69, 9.17) is 0 Å². The van der Waals surface area contributed by atoms with Gasteiger partial charge in [0.15, 0.2) is 0 Å². The maximum atomic E-state index is 11.6. The first kappa shape index (κ1) is 17.1. The fourth-order valence-corrected chi connectivity index (χ4v) is 1.58. The molecule has 0 rings (SSSR count). The zero-order valence-electron chi connectivity index (χ0n) is 12.9. The summed E-state index contributed by atoms with van der Waals surface area (Å²) in [5.74, 6) is 0.305. The molecule has 0 saturated heterocycles. The number of nitrogens with one attached hydrogen (secondary N) is 1. The molecule has 18 heavy (non-hydrogen) atoms. The Morgan fingerprint density at radius 2 is 1.44 bits per heavy atom. The molecule has 0 atom stereocenters. The van der Waals surface area contributed by atoms with Crippen molar-refractivity contribution in [2.45, 2.75) is 67.2 Å². The molecule has 0 aromatic heterocycles. The van der Waals surface area contributed by atoms with E-state index >= 15 is 0 Å². The summed E-state index contributed by atoms with van der Waals surface area (Å²) < 4.78 is 0. The molecule has 0 spiro atoms. The van der Waals surface area contributed by atoms with E-state index in [0.29, 0.717) is 32.2 Å². The molecule has 0 bridgehead atoms. The van der Waals surface area contributed by atoms with Gasteiger partial charge in [-0.1, -0.05) is 41.5 Å². The first-order valence-corrected chi connectivity index (χ1v) is 6.78. The van der Waals surface area contributed by atoms with Crippen LogP contribution >= 0.6 is 0 Å². The second-order valence-electron chi connectivity index (χ2n) is 7.47. The molecule has 0 saturated carbocycles. The predicted molar refractivity (Wildman–Crippen MR) is 75.4 cm³/mol. The molecule has 0 fully saturated rings. The van der Waals surface area contributed by atoms with Gasteiger partial charge < -0.3 is 5.32 Å². The molecule has 1 amide bonds. The number of ketones is 1. The van der Waals surface area contributed by atoms with Crippen molar-refractivity contribution in [2.24, 2.45) is 10.8 Å². The minimum absolute atomic E-state index is 0.0472. The third-order valence-electron chi connectivity index (χ3n) is 2.40. The third kappa shape index (κ3) is 11.6. The van der Waals surface area contributed by atoms with Crippen molar-refractivity contribution < 1.29 is 9.59 Å². The Balaban J connectivity index is 3.72. The Labute approximate surface area is 112 Å². The van der Waals surface area contributed by atoms with Gasteiger partial charge in [-0.15, -0.1) is 0 Å². The van der Waals surface area contributed by atoms with E-state index in [1.807, 2.05) is 0 Å². The van der Waals surface area contributed by atoms with Crippen LogP contribution in [0.1, 0.15) is 67.2 Å². The molecule has 0 aliphatic rings. The van der Waals surface area contributed by atoms with E-state index in [9.17, 15) is 9.59 Å². The first-order chi connectivity index (χ1) is 7.99. The van der Waals surface area contributed by atoms with E-state index in [0.717, 1.165) is 0 Å². The van der Waals surface area contributed by atoms with E-state index in [1.165, 1.54) is 0 Å². The minimum Gasteiger partial charge on any atom is -0.356 e. The van der Waals surface area contributed by atoms with Crippen molar-refractivity contribution >= 4 is 11.7 Å². The van der Waals surface area contributed by atoms with Crippen LogP contribution in [0, 0.1) is 10.8 Å². The summed E-state index contributed by atoms with van der Waals surface area (Å²) in [6.07, 6.45) is 2.22. The second kappa shape index (κ2) is 6.91. The summed E-state index contributed by atoms with van der Waals surface area (Å²) in [7, 11) is 0. The first-order valence-electron chi connectivity index (χ1n) is 6.78. The van der Waals surface area contributed by atoms with Gasteiger partial charge in [0.1, 0.15) is 5.78 Å². The summed E-state index contributed by atoms with van der Waals surface area (Å²) in [4.78, 5) is 23.2. The number of hydrogen-bond donors (Lipinski definition) is 1. The van der Waals surface area contributed by atoms with Gasteiger partial charge in [0.2, 0.25) is 5.91 Å². The van der Waals surface area contributed by atoms with Crippen molar-refractivity contribution in [1.29, 1.82) is 0 Å². The lowest BCUT2D eigenvalue weighted by Crippen LogP contribution is -2.32. The van der Waals surface area contributed by atoms with Crippen LogP contribution < -0.4 is 5.32 Å². The molecular formula is C15H29NO2. The van der Waals surface area contributed by atoms with E-state index in [1.54, 1.807) is 0 Å². The van der Waals surface area contributed by atoms with Crippen molar-refractivity contribution in [2.75, 3.05) is 6.54 Å². The highest BCUT2D eigenvalue weighted by Gasteiger charge is 2.16. The highest BCUT2D eigenvalue weighted by molar-refractivity contribution is 5.80. The smallest absolute Gasteiger partial charge is 0.220 e. The molecule has 0 aromatic carbocycles. The zero-order chi connectivity index (χ0) is 14.4. The average Bonchev–Trinajstić information content (AvgIpc) is 2.10. The van der Waals surface area contributed by atoms with Crippen molar-refractivity contribution in [3.8, 4) is 0 Å². The van der Waals surface area contributed by atoms with Gasteiger partial charge in [0.05, 0.1) is 0 Å². The minimum atomic E-state index is 0.0472. The largest absolute Gasteiger partial charge is 0.356 e. The molecule has 0 aliphatic carbocycles. The summed E-state index contributed by atoms with van der Waals surface area (Å²) in [5.41, 5.74) is 0.156. The Morgan fingerprint density at radius 1 is 0.889 bits per heavy atom. The van der Waals surface area contributed by atoms with E-state index < -0.39 is 0 Å². The third-order valence-corrected chi connectivity index (χ3v) is 2.40. The average molecular weight is 255 g/mol. The highest BCUT2D eigenvalue weighted by atomic mass is 16.1. The van der Waals surface area contributed by atoms with Crippen LogP contribution in [0.25, 0.3) is 0 Å². The number of amides is 1. The van der Waals surface area contributed by atoms with Gasteiger partial charge in [-0.05, 0) is 17.3 Å². The Kier molecular flexibility index (Phi) is 6.58. The van der Waals surface area contributed by atoms with E-state index in [-0.39, 0.29) is 22.5 Å². The topological polar surface area (TPSA) is 46.2 Å². The van der Waals surface area contributed by atoms with Gasteiger partial charge in [-0.25, -0.2) is 0 Å². The van der Waals surface area contributed by atoms with Crippen LogP contribution in [0.15, 0.2) is 0 Å². The van der Waals surface area contributed by atoms with Gasteiger partial charge in [-0.3, -0.25) is 9.59 Å². The lowest BCUT2D eigenvalue weighted by atomic mass is 9.88. The van der Waals surface area contributed by atoms with Crippen LogP contribution in [0.3, 0.4) is 0 Å². The fraction of sp³-hybridized carbons (Fsp3) is 0.867. The van der Waals surface area contributed by atoms with Gasteiger partial charge in [0.25, 0.3) is 0 Å². The molecule has 3 heteroatoms. The summed E-state index contributed by atoms with van der Waals surface area (Å²) in [5, 5.41) is 2.89. The lowest BCUT2D eigenvalue weighted by Gasteiger charge is -2.19. The lowest BCUT2D eigenvalue weighted by molar-refractivity contribution is -0.122. The van der Waals surface area contributed by atoms with Crippen molar-refractivity contribution in [1.82, 2.24) is 5.32 Å². The van der Waals surface area contributed by atoms with Gasteiger partial charge >= 0.3 is 0 Å². The van der Waals surface area contributed by atoms with E-state index in [2.05, 4.69) is 46.9 Å². The Bertz CT molecular complexity index is 282. The summed E-state index contributed by atoms with van der Waals surface area (Å²) in [6, 6.07) is 0. The molecule has 1 N–H and O–H groups in total. The Hall–Kier alpha value is -0.860. The van der Waals surface area contributed by atoms with Gasteiger partial charge in [-0.2, -0.15) is 0 Å². The molecule has 106 valence electrons. The predicted octanol–water partition coefficient (Wildman–Crippen LogP) is 3.32. The number of carbonyl (C=O) groups is 2. The van der Waals surface area contributed by atoms with Crippen molar-refractivity contribution in [3.05, 3.63) is 0 Å². The molecule has 3 nitrogen and oxygen atoms in total. The molecular weight excluding hydrogens is 226 g/mol. The van der Waals surface area contributed by atoms with Crippen LogP contribution in [-0.2, 0) is 9.59 Å². The van der Waals surface area contributed by atoms with Crippen LogP contribution in [0.4, 0.5) is 0 Å². The number of Topliss-reactive ketones (excluding diaryl/α,β-unsaturated/α-hetero) is 1. The maximum Gasteiger partial charge on any atom is 0.220 e. The quantitative estimate of drug-likeness (QED) is 0.791. The van der Waals surface area contributed by atoms with Crippen LogP contribution in [0.2, 0.25) is 0 Å². The molecule has 0 unspecified atom stereocenters. The fourth-order valence-electron chi connectivity index (χ4n) is 1.58. The molecule has 0 radical (unpaired) electrons. The normalized spacial score (nSPS) is 12.3. The maximum absolute atomic E-state index is 11.6. The molecule has 0 aromatic rings. The van der Waals surface area contributed by atoms with Gasteiger partial charge in [0, 0.05) is 25.8 Å². The number of rotatable bonds is 6. The molecule has 0 heterocycles. The zero-order valence-corrected chi connectivity index (χ0v) is 12.9. The SMILES string of the molecule is CC(C)(C)CNC(=O)CCCC(=O)CC(C)(C)C. The number of hydrogen-bond acceptors (Lipinski definition) is 2. The monoisotopic (exact) mass is 255 g/mol. The van der Waals surface area contributed by atoms with Crippen molar-refractivity contribution in [3.63, 3.8) is 0 Å².